The Balaban J connectivity index is 1.75. The predicted octanol–water partition coefficient (Wildman–Crippen LogP) is 2.94. The molecule has 1 N–H and O–H groups in total. The molecule has 3 rings (SSSR count). The second-order valence-corrected chi connectivity index (χ2v) is 5.26. The van der Waals surface area contributed by atoms with Gasteiger partial charge in [-0.1, -0.05) is 12.1 Å². The van der Waals surface area contributed by atoms with Crippen LogP contribution in [0.4, 0.5) is 11.5 Å². The Bertz CT molecular complexity index is 666. The maximum Gasteiger partial charge on any atom is 0.274 e. The van der Waals surface area contributed by atoms with Gasteiger partial charge in [-0.15, -0.1) is 0 Å². The fourth-order valence-electron chi connectivity index (χ4n) is 2.57. The molecule has 1 fully saturated rings. The lowest BCUT2D eigenvalue weighted by molar-refractivity contribution is 0.102. The van der Waals surface area contributed by atoms with Crippen LogP contribution in [0.2, 0.25) is 0 Å². The van der Waals surface area contributed by atoms with E-state index in [1.165, 1.54) is 12.8 Å². The van der Waals surface area contributed by atoms with Crippen molar-refractivity contribution in [3.8, 4) is 5.75 Å². The molecular weight excluding hydrogens is 278 g/mol. The van der Waals surface area contributed by atoms with Crippen LogP contribution in [0.25, 0.3) is 0 Å². The zero-order chi connectivity index (χ0) is 15.4. The van der Waals surface area contributed by atoms with Crippen LogP contribution in [-0.4, -0.2) is 31.1 Å². The average Bonchev–Trinajstić information content (AvgIpc) is 3.09. The number of nitrogens with one attached hydrogen (secondary N) is 1. The highest BCUT2D eigenvalue weighted by Gasteiger charge is 2.15. The Morgan fingerprint density at radius 3 is 2.73 bits per heavy atom. The van der Waals surface area contributed by atoms with Gasteiger partial charge in [0.2, 0.25) is 0 Å². The van der Waals surface area contributed by atoms with Crippen molar-refractivity contribution in [3.05, 3.63) is 48.2 Å². The summed E-state index contributed by atoms with van der Waals surface area (Å²) < 4.78 is 5.16. The third-order valence-corrected chi connectivity index (χ3v) is 3.72. The summed E-state index contributed by atoms with van der Waals surface area (Å²) in [5, 5.41) is 2.85. The normalized spacial score (nSPS) is 14.0. The second-order valence-electron chi connectivity index (χ2n) is 5.26. The predicted molar refractivity (Wildman–Crippen MR) is 86.6 cm³/mol. The molecule has 22 heavy (non-hydrogen) atoms. The molecule has 114 valence electrons. The van der Waals surface area contributed by atoms with Gasteiger partial charge < -0.3 is 15.0 Å². The highest BCUT2D eigenvalue weighted by atomic mass is 16.5. The van der Waals surface area contributed by atoms with E-state index < -0.39 is 0 Å². The first-order valence-electron chi connectivity index (χ1n) is 7.44. The molecule has 1 aromatic heterocycles. The molecule has 0 spiro atoms. The van der Waals surface area contributed by atoms with Gasteiger partial charge in [-0.05, 0) is 37.1 Å². The lowest BCUT2D eigenvalue weighted by Crippen LogP contribution is -2.21. The zero-order valence-corrected chi connectivity index (χ0v) is 12.6. The van der Waals surface area contributed by atoms with E-state index in [1.54, 1.807) is 19.2 Å². The fourth-order valence-corrected chi connectivity index (χ4v) is 2.57. The van der Waals surface area contributed by atoms with E-state index >= 15 is 0 Å². The van der Waals surface area contributed by atoms with Gasteiger partial charge in [-0.3, -0.25) is 4.79 Å². The van der Waals surface area contributed by atoms with Crippen LogP contribution in [-0.2, 0) is 0 Å². The minimum Gasteiger partial charge on any atom is -0.497 e. The van der Waals surface area contributed by atoms with Crippen LogP contribution >= 0.6 is 0 Å². The lowest BCUT2D eigenvalue weighted by atomic mass is 10.2. The third-order valence-electron chi connectivity index (χ3n) is 3.72. The van der Waals surface area contributed by atoms with Crippen molar-refractivity contribution >= 4 is 17.4 Å². The van der Waals surface area contributed by atoms with E-state index in [4.69, 9.17) is 4.74 Å². The molecular formula is C17H19N3O2. The number of ether oxygens (including phenoxy) is 1. The molecule has 5 heteroatoms. The summed E-state index contributed by atoms with van der Waals surface area (Å²) in [6.07, 6.45) is 2.36. The van der Waals surface area contributed by atoms with Gasteiger partial charge in [0.15, 0.2) is 0 Å². The number of hydrogen-bond donors (Lipinski definition) is 1. The summed E-state index contributed by atoms with van der Waals surface area (Å²) >= 11 is 0. The molecule has 0 unspecified atom stereocenters. The molecule has 1 aliphatic heterocycles. The van der Waals surface area contributed by atoms with E-state index in [9.17, 15) is 4.79 Å². The van der Waals surface area contributed by atoms with E-state index in [1.807, 2.05) is 30.3 Å². The number of anilines is 2. The molecule has 2 heterocycles. The Labute approximate surface area is 129 Å². The molecule has 0 saturated carbocycles. The van der Waals surface area contributed by atoms with Gasteiger partial charge in [0.1, 0.15) is 17.3 Å². The summed E-state index contributed by atoms with van der Waals surface area (Å²) in [6, 6.07) is 12.8. The quantitative estimate of drug-likeness (QED) is 0.942. The molecule has 5 nitrogen and oxygen atoms in total. The number of methoxy groups -OCH3 is 1. The van der Waals surface area contributed by atoms with Gasteiger partial charge in [-0.25, -0.2) is 4.98 Å². The van der Waals surface area contributed by atoms with Crippen LogP contribution in [0.15, 0.2) is 42.5 Å². The molecule has 0 atom stereocenters. The van der Waals surface area contributed by atoms with Crippen LogP contribution < -0.4 is 15.0 Å². The molecule has 0 aliphatic carbocycles. The largest absolute Gasteiger partial charge is 0.497 e. The highest BCUT2D eigenvalue weighted by Crippen LogP contribution is 2.20. The number of rotatable bonds is 4. The van der Waals surface area contributed by atoms with Crippen molar-refractivity contribution in [1.82, 2.24) is 4.98 Å². The van der Waals surface area contributed by atoms with E-state index in [0.717, 1.165) is 18.9 Å². The van der Waals surface area contributed by atoms with Crippen LogP contribution in [0.1, 0.15) is 23.3 Å². The fraction of sp³-hybridized carbons (Fsp3) is 0.294. The van der Waals surface area contributed by atoms with Crippen molar-refractivity contribution < 1.29 is 9.53 Å². The number of carbonyl (C=O) groups excluding carboxylic acids is 1. The SMILES string of the molecule is COc1cccc(NC(=O)c2cccc(N3CCCC3)n2)c1. The van der Waals surface area contributed by atoms with Crippen LogP contribution in [0.3, 0.4) is 0 Å². The minimum atomic E-state index is -0.214. The van der Waals surface area contributed by atoms with Crippen molar-refractivity contribution in [2.75, 3.05) is 30.4 Å². The smallest absolute Gasteiger partial charge is 0.274 e. The number of amides is 1. The maximum atomic E-state index is 12.3. The first-order chi connectivity index (χ1) is 10.8. The van der Waals surface area contributed by atoms with Gasteiger partial charge in [0, 0.05) is 24.8 Å². The molecule has 1 saturated heterocycles. The number of carbonyl (C=O) groups is 1. The van der Waals surface area contributed by atoms with Crippen LogP contribution in [0.5, 0.6) is 5.75 Å². The Hall–Kier alpha value is -2.56. The number of aromatic nitrogens is 1. The topological polar surface area (TPSA) is 54.5 Å². The monoisotopic (exact) mass is 297 g/mol. The average molecular weight is 297 g/mol. The highest BCUT2D eigenvalue weighted by molar-refractivity contribution is 6.03. The summed E-state index contributed by atoms with van der Waals surface area (Å²) in [5.41, 5.74) is 1.12. The summed E-state index contributed by atoms with van der Waals surface area (Å²) in [7, 11) is 1.60. The first kappa shape index (κ1) is 14.4. The Morgan fingerprint density at radius 2 is 1.95 bits per heavy atom. The number of hydrogen-bond acceptors (Lipinski definition) is 4. The Kier molecular flexibility index (Phi) is 4.23. The van der Waals surface area contributed by atoms with Crippen molar-refractivity contribution in [1.29, 1.82) is 0 Å². The molecule has 1 aliphatic rings. The van der Waals surface area contributed by atoms with Crippen molar-refractivity contribution in [2.45, 2.75) is 12.8 Å². The summed E-state index contributed by atoms with van der Waals surface area (Å²) in [5.74, 6) is 1.36. The first-order valence-corrected chi connectivity index (χ1v) is 7.44. The van der Waals surface area contributed by atoms with Crippen LogP contribution in [0, 0.1) is 0 Å². The molecule has 1 aromatic carbocycles. The van der Waals surface area contributed by atoms with Gasteiger partial charge >= 0.3 is 0 Å². The molecule has 0 bridgehead atoms. The van der Waals surface area contributed by atoms with E-state index in [-0.39, 0.29) is 5.91 Å². The van der Waals surface area contributed by atoms with Gasteiger partial charge in [0.05, 0.1) is 7.11 Å². The van der Waals surface area contributed by atoms with E-state index in [2.05, 4.69) is 15.2 Å². The Morgan fingerprint density at radius 1 is 1.18 bits per heavy atom. The van der Waals surface area contributed by atoms with Gasteiger partial charge in [-0.2, -0.15) is 0 Å². The number of pyridine rings is 1. The third kappa shape index (κ3) is 3.19. The van der Waals surface area contributed by atoms with Crippen molar-refractivity contribution in [2.24, 2.45) is 0 Å². The number of benzene rings is 1. The minimum absolute atomic E-state index is 0.214. The van der Waals surface area contributed by atoms with Gasteiger partial charge in [0.25, 0.3) is 5.91 Å². The molecule has 2 aromatic rings. The van der Waals surface area contributed by atoms with Crippen molar-refractivity contribution in [3.63, 3.8) is 0 Å². The molecule has 1 amide bonds. The lowest BCUT2D eigenvalue weighted by Gasteiger charge is -2.16. The summed E-state index contributed by atoms with van der Waals surface area (Å²) in [4.78, 5) is 19.0. The maximum absolute atomic E-state index is 12.3. The number of nitrogens with zero attached hydrogens (tertiary/aromatic N) is 2. The summed E-state index contributed by atoms with van der Waals surface area (Å²) in [6.45, 7) is 2.02. The molecule has 0 radical (unpaired) electrons. The van der Waals surface area contributed by atoms with E-state index in [0.29, 0.717) is 17.1 Å². The second kappa shape index (κ2) is 6.47. The standard InChI is InChI=1S/C17H19N3O2/c1-22-14-7-4-6-13(12-14)18-17(21)15-8-5-9-16(19-15)20-10-2-3-11-20/h4-9,12H,2-3,10-11H2,1H3,(H,18,21). The zero-order valence-electron chi connectivity index (χ0n) is 12.6.